The van der Waals surface area contributed by atoms with E-state index in [-0.39, 0.29) is 19.6 Å². The van der Waals surface area contributed by atoms with Crippen LogP contribution in [0, 0.1) is 0 Å². The second-order valence-corrected chi connectivity index (χ2v) is 5.01. The number of amides is 1. The minimum Gasteiger partial charge on any atom is -0.484 e. The third-order valence-electron chi connectivity index (χ3n) is 3.13. The van der Waals surface area contributed by atoms with Gasteiger partial charge < -0.3 is 14.7 Å². The van der Waals surface area contributed by atoms with Crippen molar-refractivity contribution in [1.82, 2.24) is 4.90 Å². The highest BCUT2D eigenvalue weighted by Gasteiger charge is 2.46. The molecule has 1 amide bonds. The normalized spacial score (nSPS) is 21.8. The van der Waals surface area contributed by atoms with Crippen LogP contribution in [0.25, 0.3) is 0 Å². The zero-order valence-electron chi connectivity index (χ0n) is 10.5. The molecule has 7 heteroatoms. The maximum absolute atomic E-state index is 13.8. The number of rotatable bonds is 4. The van der Waals surface area contributed by atoms with Crippen LogP contribution in [0.4, 0.5) is 4.39 Å². The molecule has 1 aliphatic heterocycles. The first-order chi connectivity index (χ1) is 9.40. The molecule has 20 heavy (non-hydrogen) atoms. The van der Waals surface area contributed by atoms with Crippen LogP contribution in [-0.2, 0) is 9.59 Å². The largest absolute Gasteiger partial charge is 0.484 e. The lowest BCUT2D eigenvalue weighted by Crippen LogP contribution is -2.40. The van der Waals surface area contributed by atoms with Crippen LogP contribution in [0.1, 0.15) is 6.42 Å². The molecule has 1 aliphatic rings. The average Bonchev–Trinajstić information content (AvgIpc) is 2.82. The SMILES string of the molecule is O=C(COc1ccc(Cl)cc1)N1CCC(F)(C(=O)O)C1. The number of benzene rings is 1. The monoisotopic (exact) mass is 301 g/mol. The van der Waals surface area contributed by atoms with Gasteiger partial charge in [-0.2, -0.15) is 0 Å². The summed E-state index contributed by atoms with van der Waals surface area (Å²) < 4.78 is 19.0. The number of carboxylic acid groups (broad SMARTS) is 1. The predicted octanol–water partition coefficient (Wildman–Crippen LogP) is 1.74. The van der Waals surface area contributed by atoms with Gasteiger partial charge in [-0.25, -0.2) is 9.18 Å². The van der Waals surface area contributed by atoms with Gasteiger partial charge in [-0.15, -0.1) is 0 Å². The van der Waals surface area contributed by atoms with Gasteiger partial charge in [0.15, 0.2) is 6.61 Å². The summed E-state index contributed by atoms with van der Waals surface area (Å²) in [5.41, 5.74) is -2.35. The quantitative estimate of drug-likeness (QED) is 0.920. The maximum atomic E-state index is 13.8. The zero-order chi connectivity index (χ0) is 14.8. The first-order valence-corrected chi connectivity index (χ1v) is 6.37. The number of hydrogen-bond donors (Lipinski definition) is 1. The molecule has 0 bridgehead atoms. The minimum absolute atomic E-state index is 0.0750. The van der Waals surface area contributed by atoms with E-state index in [2.05, 4.69) is 0 Å². The number of halogens is 2. The molecule has 0 spiro atoms. The summed E-state index contributed by atoms with van der Waals surface area (Å²) in [6.45, 7) is -0.631. The third kappa shape index (κ3) is 3.19. The molecule has 1 N–H and O–H groups in total. The van der Waals surface area contributed by atoms with E-state index in [1.807, 2.05) is 0 Å². The van der Waals surface area contributed by atoms with Gasteiger partial charge in [0, 0.05) is 18.0 Å². The molecule has 0 saturated carbocycles. The summed E-state index contributed by atoms with van der Waals surface area (Å²) in [5, 5.41) is 9.30. The van der Waals surface area contributed by atoms with Gasteiger partial charge >= 0.3 is 5.97 Å². The van der Waals surface area contributed by atoms with E-state index >= 15 is 0 Å². The van der Waals surface area contributed by atoms with E-state index < -0.39 is 24.1 Å². The molecule has 1 aromatic carbocycles. The molecule has 0 radical (unpaired) electrons. The summed E-state index contributed by atoms with van der Waals surface area (Å²) in [5.74, 6) is -1.51. The lowest BCUT2D eigenvalue weighted by Gasteiger charge is -2.17. The third-order valence-corrected chi connectivity index (χ3v) is 3.38. The Labute approximate surface area is 119 Å². The van der Waals surface area contributed by atoms with Crippen LogP contribution in [0.5, 0.6) is 5.75 Å². The lowest BCUT2D eigenvalue weighted by atomic mass is 10.1. The first kappa shape index (κ1) is 14.6. The van der Waals surface area contributed by atoms with Crippen molar-refractivity contribution in [2.24, 2.45) is 0 Å². The van der Waals surface area contributed by atoms with E-state index in [9.17, 15) is 14.0 Å². The molecule has 2 rings (SSSR count). The van der Waals surface area contributed by atoms with Crippen LogP contribution < -0.4 is 4.74 Å². The Morgan fingerprint density at radius 3 is 2.60 bits per heavy atom. The minimum atomic E-state index is -2.35. The Morgan fingerprint density at radius 2 is 2.05 bits per heavy atom. The Morgan fingerprint density at radius 1 is 1.40 bits per heavy atom. The molecule has 1 heterocycles. The predicted molar refractivity (Wildman–Crippen MR) is 69.6 cm³/mol. The molecule has 108 valence electrons. The van der Waals surface area contributed by atoms with E-state index in [4.69, 9.17) is 21.4 Å². The second-order valence-electron chi connectivity index (χ2n) is 4.58. The van der Waals surface area contributed by atoms with Crippen molar-refractivity contribution >= 4 is 23.5 Å². The van der Waals surface area contributed by atoms with Crippen LogP contribution in [0.15, 0.2) is 24.3 Å². The molecule has 1 unspecified atom stereocenters. The van der Waals surface area contributed by atoms with Gasteiger partial charge in [0.05, 0.1) is 6.54 Å². The van der Waals surface area contributed by atoms with Crippen molar-refractivity contribution in [3.63, 3.8) is 0 Å². The molecule has 5 nitrogen and oxygen atoms in total. The number of nitrogens with zero attached hydrogens (tertiary/aromatic N) is 1. The standard InChI is InChI=1S/C13H13ClFNO4/c14-9-1-3-10(4-2-9)20-7-11(17)16-6-5-13(15,8-16)12(18)19/h1-4H,5-8H2,(H,18,19). The highest BCUT2D eigenvalue weighted by molar-refractivity contribution is 6.30. The van der Waals surface area contributed by atoms with E-state index in [0.717, 1.165) is 4.90 Å². The van der Waals surface area contributed by atoms with Crippen molar-refractivity contribution < 1.29 is 23.8 Å². The highest BCUT2D eigenvalue weighted by atomic mass is 35.5. The Hall–Kier alpha value is -1.82. The van der Waals surface area contributed by atoms with Gasteiger partial charge in [0.25, 0.3) is 5.91 Å². The fraction of sp³-hybridized carbons (Fsp3) is 0.385. The Bertz CT molecular complexity index is 522. The van der Waals surface area contributed by atoms with Crippen molar-refractivity contribution in [3.05, 3.63) is 29.3 Å². The second kappa shape index (κ2) is 5.66. The van der Waals surface area contributed by atoms with Crippen LogP contribution in [0.2, 0.25) is 5.02 Å². The number of carbonyl (C=O) groups is 2. The van der Waals surface area contributed by atoms with Crippen molar-refractivity contribution in [1.29, 1.82) is 0 Å². The molecule has 1 saturated heterocycles. The van der Waals surface area contributed by atoms with E-state index in [0.29, 0.717) is 10.8 Å². The number of ether oxygens (including phenoxy) is 1. The van der Waals surface area contributed by atoms with Gasteiger partial charge in [0.1, 0.15) is 5.75 Å². The van der Waals surface area contributed by atoms with Gasteiger partial charge in [-0.05, 0) is 24.3 Å². The fourth-order valence-electron chi connectivity index (χ4n) is 1.93. The number of aliphatic carboxylic acids is 1. The van der Waals surface area contributed by atoms with E-state index in [1.165, 1.54) is 0 Å². The summed E-state index contributed by atoms with van der Waals surface area (Å²) in [6, 6.07) is 6.45. The molecular formula is C13H13ClFNO4. The summed E-state index contributed by atoms with van der Waals surface area (Å²) in [4.78, 5) is 23.7. The number of carbonyl (C=O) groups excluding carboxylic acids is 1. The van der Waals surface area contributed by atoms with Crippen LogP contribution in [0.3, 0.4) is 0 Å². The molecule has 1 fully saturated rings. The van der Waals surface area contributed by atoms with E-state index in [1.54, 1.807) is 24.3 Å². The van der Waals surface area contributed by atoms with Crippen molar-refractivity contribution in [3.8, 4) is 5.75 Å². The number of hydrogen-bond acceptors (Lipinski definition) is 3. The summed E-state index contributed by atoms with van der Waals surface area (Å²) in [6.07, 6.45) is -0.199. The molecule has 0 aromatic heterocycles. The van der Waals surface area contributed by atoms with Crippen molar-refractivity contribution in [2.45, 2.75) is 12.1 Å². The number of alkyl halides is 1. The smallest absolute Gasteiger partial charge is 0.343 e. The Kier molecular flexibility index (Phi) is 4.13. The summed E-state index contributed by atoms with van der Waals surface area (Å²) in [7, 11) is 0. The average molecular weight is 302 g/mol. The summed E-state index contributed by atoms with van der Waals surface area (Å²) >= 11 is 5.71. The number of carboxylic acids is 1. The topological polar surface area (TPSA) is 66.8 Å². The molecule has 1 aromatic rings. The molecule has 0 aliphatic carbocycles. The van der Waals surface area contributed by atoms with Gasteiger partial charge in [-0.3, -0.25) is 4.79 Å². The first-order valence-electron chi connectivity index (χ1n) is 5.99. The lowest BCUT2D eigenvalue weighted by molar-refractivity contribution is -0.150. The number of likely N-dealkylation sites (tertiary alicyclic amines) is 1. The Balaban J connectivity index is 1.87. The zero-order valence-corrected chi connectivity index (χ0v) is 11.3. The molecule has 1 atom stereocenters. The highest BCUT2D eigenvalue weighted by Crippen LogP contribution is 2.26. The van der Waals surface area contributed by atoms with Crippen molar-refractivity contribution in [2.75, 3.05) is 19.7 Å². The molecular weight excluding hydrogens is 289 g/mol. The maximum Gasteiger partial charge on any atom is 0.343 e. The van der Waals surface area contributed by atoms with Crippen LogP contribution >= 0.6 is 11.6 Å². The fourth-order valence-corrected chi connectivity index (χ4v) is 2.05. The van der Waals surface area contributed by atoms with Gasteiger partial charge in [0.2, 0.25) is 5.67 Å². The van der Waals surface area contributed by atoms with Crippen LogP contribution in [-0.4, -0.2) is 47.2 Å². The van der Waals surface area contributed by atoms with Gasteiger partial charge in [-0.1, -0.05) is 11.6 Å².